The molecular weight excluding hydrogens is 375 g/mol. The third kappa shape index (κ3) is 4.41. The van der Waals surface area contributed by atoms with Crippen LogP contribution in [0.2, 0.25) is 0 Å². The molecule has 148 valence electrons. The molecule has 1 N–H and O–H groups in total. The highest BCUT2D eigenvalue weighted by Gasteiger charge is 2.30. The van der Waals surface area contributed by atoms with Crippen molar-refractivity contribution in [3.05, 3.63) is 63.7 Å². The maximum absolute atomic E-state index is 12.6. The van der Waals surface area contributed by atoms with Crippen molar-refractivity contribution in [2.75, 3.05) is 23.3 Å². The second kappa shape index (κ2) is 7.87. The molecule has 0 spiro atoms. The third-order valence-electron chi connectivity index (χ3n) is 4.60. The van der Waals surface area contributed by atoms with E-state index in [0.717, 1.165) is 56.6 Å². The van der Waals surface area contributed by atoms with Gasteiger partial charge in [0, 0.05) is 30.4 Å². The number of rotatable bonds is 4. The Labute approximate surface area is 159 Å². The van der Waals surface area contributed by atoms with Gasteiger partial charge in [-0.1, -0.05) is 0 Å². The van der Waals surface area contributed by atoms with Crippen LogP contribution in [0, 0.1) is 10.1 Å². The van der Waals surface area contributed by atoms with Gasteiger partial charge in [-0.15, -0.1) is 0 Å². The average Bonchev–Trinajstić information content (AvgIpc) is 2.68. The number of benzene rings is 2. The van der Waals surface area contributed by atoms with Gasteiger partial charge < -0.3 is 10.2 Å². The maximum Gasteiger partial charge on any atom is 0.416 e. The molecule has 0 saturated carbocycles. The number of carbonyl (C=O) groups excluding carboxylic acids is 1. The minimum Gasteiger partial charge on any atom is -0.366 e. The van der Waals surface area contributed by atoms with Gasteiger partial charge in [0.2, 0.25) is 0 Å². The summed E-state index contributed by atoms with van der Waals surface area (Å²) in [5.41, 5.74) is -0.294. The van der Waals surface area contributed by atoms with Gasteiger partial charge in [0.15, 0.2) is 0 Å². The van der Waals surface area contributed by atoms with Crippen molar-refractivity contribution in [2.24, 2.45) is 0 Å². The normalized spacial score (nSPS) is 14.6. The van der Waals surface area contributed by atoms with E-state index in [1.807, 2.05) is 4.90 Å². The average molecular weight is 393 g/mol. The SMILES string of the molecule is O=C(Nc1ccc(C(F)(F)F)cc1)c1ccc(N2CCCCC2)c([N+](=O)[O-])c1. The number of anilines is 2. The zero-order valence-corrected chi connectivity index (χ0v) is 14.8. The number of amides is 1. The predicted octanol–water partition coefficient (Wildman–Crippen LogP) is 4.86. The second-order valence-electron chi connectivity index (χ2n) is 6.54. The maximum atomic E-state index is 12.6. The summed E-state index contributed by atoms with van der Waals surface area (Å²) in [5.74, 6) is -0.631. The molecule has 6 nitrogen and oxygen atoms in total. The van der Waals surface area contributed by atoms with Crippen LogP contribution in [0.4, 0.5) is 30.2 Å². The van der Waals surface area contributed by atoms with Gasteiger partial charge in [-0.3, -0.25) is 14.9 Å². The number of piperidine rings is 1. The molecule has 2 aromatic rings. The van der Waals surface area contributed by atoms with Gasteiger partial charge in [-0.05, 0) is 55.7 Å². The first-order valence-corrected chi connectivity index (χ1v) is 8.78. The van der Waals surface area contributed by atoms with Crippen LogP contribution in [0.15, 0.2) is 42.5 Å². The lowest BCUT2D eigenvalue weighted by atomic mass is 10.1. The molecule has 0 unspecified atom stereocenters. The Morgan fingerprint density at radius 2 is 1.68 bits per heavy atom. The summed E-state index contributed by atoms with van der Waals surface area (Å²) in [4.78, 5) is 25.3. The number of nitro benzene ring substituents is 1. The molecular formula is C19H18F3N3O3. The summed E-state index contributed by atoms with van der Waals surface area (Å²) in [5, 5.41) is 13.9. The van der Waals surface area contributed by atoms with Crippen molar-refractivity contribution in [1.29, 1.82) is 0 Å². The van der Waals surface area contributed by atoms with E-state index in [2.05, 4.69) is 5.32 Å². The van der Waals surface area contributed by atoms with E-state index in [9.17, 15) is 28.1 Å². The smallest absolute Gasteiger partial charge is 0.366 e. The Balaban J connectivity index is 1.80. The quantitative estimate of drug-likeness (QED) is 0.595. The van der Waals surface area contributed by atoms with E-state index in [4.69, 9.17) is 0 Å². The number of hydrogen-bond donors (Lipinski definition) is 1. The second-order valence-corrected chi connectivity index (χ2v) is 6.54. The Morgan fingerprint density at radius 1 is 1.04 bits per heavy atom. The number of carbonyl (C=O) groups is 1. The molecule has 1 saturated heterocycles. The topological polar surface area (TPSA) is 75.5 Å². The summed E-state index contributed by atoms with van der Waals surface area (Å²) in [7, 11) is 0. The molecule has 1 fully saturated rings. The van der Waals surface area contributed by atoms with E-state index < -0.39 is 22.6 Å². The van der Waals surface area contributed by atoms with E-state index in [-0.39, 0.29) is 16.9 Å². The van der Waals surface area contributed by atoms with E-state index >= 15 is 0 Å². The lowest BCUT2D eigenvalue weighted by Crippen LogP contribution is -2.30. The molecule has 2 aromatic carbocycles. The molecule has 1 aliphatic heterocycles. The fourth-order valence-corrected chi connectivity index (χ4v) is 3.16. The molecule has 28 heavy (non-hydrogen) atoms. The van der Waals surface area contributed by atoms with Crippen molar-refractivity contribution in [1.82, 2.24) is 0 Å². The van der Waals surface area contributed by atoms with E-state index in [1.54, 1.807) is 6.07 Å². The summed E-state index contributed by atoms with van der Waals surface area (Å²) in [6.07, 6.45) is -1.48. The van der Waals surface area contributed by atoms with Gasteiger partial charge in [0.25, 0.3) is 11.6 Å². The molecule has 0 radical (unpaired) electrons. The number of nitrogens with zero attached hydrogens (tertiary/aromatic N) is 2. The molecule has 3 rings (SSSR count). The summed E-state index contributed by atoms with van der Waals surface area (Å²) >= 11 is 0. The fraction of sp³-hybridized carbons (Fsp3) is 0.316. The lowest BCUT2D eigenvalue weighted by molar-refractivity contribution is -0.384. The van der Waals surface area contributed by atoms with Gasteiger partial charge in [0.05, 0.1) is 10.5 Å². The van der Waals surface area contributed by atoms with Crippen LogP contribution in [0.25, 0.3) is 0 Å². The van der Waals surface area contributed by atoms with Crippen molar-refractivity contribution >= 4 is 23.0 Å². The zero-order valence-electron chi connectivity index (χ0n) is 14.8. The van der Waals surface area contributed by atoms with Gasteiger partial charge >= 0.3 is 6.18 Å². The van der Waals surface area contributed by atoms with Crippen molar-refractivity contribution in [3.8, 4) is 0 Å². The predicted molar refractivity (Wildman–Crippen MR) is 98.6 cm³/mol. The number of hydrogen-bond acceptors (Lipinski definition) is 4. The first-order chi connectivity index (χ1) is 13.3. The first-order valence-electron chi connectivity index (χ1n) is 8.78. The van der Waals surface area contributed by atoms with Crippen LogP contribution < -0.4 is 10.2 Å². The molecule has 0 atom stereocenters. The van der Waals surface area contributed by atoms with E-state index in [0.29, 0.717) is 5.69 Å². The number of nitrogens with one attached hydrogen (secondary N) is 1. The summed E-state index contributed by atoms with van der Waals surface area (Å²) in [6, 6.07) is 8.22. The summed E-state index contributed by atoms with van der Waals surface area (Å²) in [6.45, 7) is 1.44. The van der Waals surface area contributed by atoms with Crippen molar-refractivity contribution in [3.63, 3.8) is 0 Å². The molecule has 1 heterocycles. The molecule has 9 heteroatoms. The Hall–Kier alpha value is -3.10. The molecule has 1 aliphatic rings. The van der Waals surface area contributed by atoms with Gasteiger partial charge in [0.1, 0.15) is 5.69 Å². The Kier molecular flexibility index (Phi) is 5.53. The van der Waals surface area contributed by atoms with Crippen LogP contribution in [-0.4, -0.2) is 23.9 Å². The van der Waals surface area contributed by atoms with E-state index in [1.165, 1.54) is 12.1 Å². The Bertz CT molecular complexity index is 876. The highest BCUT2D eigenvalue weighted by Crippen LogP contribution is 2.32. The largest absolute Gasteiger partial charge is 0.416 e. The molecule has 0 aliphatic carbocycles. The standard InChI is InChI=1S/C19H18F3N3O3/c20-19(21,22)14-5-7-15(8-6-14)23-18(26)13-4-9-16(17(12-13)25(27)28)24-10-2-1-3-11-24/h4-9,12H,1-3,10-11H2,(H,23,26). The fourth-order valence-electron chi connectivity index (χ4n) is 3.16. The van der Waals surface area contributed by atoms with Crippen molar-refractivity contribution < 1.29 is 22.9 Å². The minimum absolute atomic E-state index is 0.0624. The first kappa shape index (κ1) is 19.7. The zero-order chi connectivity index (χ0) is 20.3. The third-order valence-corrected chi connectivity index (χ3v) is 4.60. The molecule has 1 amide bonds. The van der Waals surface area contributed by atoms with Gasteiger partial charge in [-0.25, -0.2) is 0 Å². The number of nitro groups is 1. The van der Waals surface area contributed by atoms with Crippen LogP contribution in [0.5, 0.6) is 0 Å². The van der Waals surface area contributed by atoms with Crippen LogP contribution >= 0.6 is 0 Å². The molecule has 0 aromatic heterocycles. The number of halogens is 3. The van der Waals surface area contributed by atoms with Crippen LogP contribution in [0.3, 0.4) is 0 Å². The number of alkyl halides is 3. The summed E-state index contributed by atoms with van der Waals surface area (Å²) < 4.78 is 37.8. The Morgan fingerprint density at radius 3 is 2.25 bits per heavy atom. The molecule has 0 bridgehead atoms. The lowest BCUT2D eigenvalue weighted by Gasteiger charge is -2.28. The minimum atomic E-state index is -4.46. The monoisotopic (exact) mass is 393 g/mol. The van der Waals surface area contributed by atoms with Crippen LogP contribution in [0.1, 0.15) is 35.2 Å². The highest BCUT2D eigenvalue weighted by atomic mass is 19.4. The van der Waals surface area contributed by atoms with Crippen molar-refractivity contribution in [2.45, 2.75) is 25.4 Å². The van der Waals surface area contributed by atoms with Crippen LogP contribution in [-0.2, 0) is 6.18 Å². The van der Waals surface area contributed by atoms with Gasteiger partial charge in [-0.2, -0.15) is 13.2 Å². The highest BCUT2D eigenvalue weighted by molar-refractivity contribution is 6.05.